The van der Waals surface area contributed by atoms with Crippen LogP contribution in [0.15, 0.2) is 79.1 Å². The Morgan fingerprint density at radius 2 is 1.80 bits per heavy atom. The number of fused-ring (bicyclic) bond motifs is 1. The van der Waals surface area contributed by atoms with E-state index in [4.69, 9.17) is 26.5 Å². The van der Waals surface area contributed by atoms with Crippen molar-refractivity contribution in [2.45, 2.75) is 38.1 Å². The first-order valence-electron chi connectivity index (χ1n) is 16.9. The highest BCUT2D eigenvalue weighted by Gasteiger charge is 2.38. The second-order valence-corrected chi connectivity index (χ2v) is 13.3. The van der Waals surface area contributed by atoms with Gasteiger partial charge in [-0.2, -0.15) is 23.3 Å². The molecular formula is C36H40ClF3N10O4. The Morgan fingerprint density at radius 1 is 1.09 bits per heavy atom. The third kappa shape index (κ3) is 10.5. The highest BCUT2D eigenvalue weighted by Crippen LogP contribution is 2.36. The Hall–Kier alpha value is -5.52. The maximum atomic E-state index is 14.2. The van der Waals surface area contributed by atoms with Gasteiger partial charge in [0.1, 0.15) is 0 Å². The zero-order valence-corrected chi connectivity index (χ0v) is 30.6. The van der Waals surface area contributed by atoms with Gasteiger partial charge in [-0.05, 0) is 70.8 Å². The summed E-state index contributed by atoms with van der Waals surface area (Å²) in [5.41, 5.74) is 3.49. The van der Waals surface area contributed by atoms with Crippen LogP contribution in [0, 0.1) is 0 Å². The second-order valence-electron chi connectivity index (χ2n) is 13.0. The van der Waals surface area contributed by atoms with E-state index in [9.17, 15) is 22.8 Å². The Morgan fingerprint density at radius 3 is 2.46 bits per heavy atom. The van der Waals surface area contributed by atoms with Crippen molar-refractivity contribution < 1.29 is 32.7 Å². The molecule has 0 spiro atoms. The average Bonchev–Trinajstić information content (AvgIpc) is 3.48. The number of hydrogen-bond acceptors (Lipinski definition) is 9. The van der Waals surface area contributed by atoms with E-state index >= 15 is 0 Å². The number of carboxylic acids is 1. The molecule has 1 saturated heterocycles. The van der Waals surface area contributed by atoms with Crippen LogP contribution in [0.5, 0.6) is 0 Å². The molecule has 0 unspecified atom stereocenters. The van der Waals surface area contributed by atoms with Crippen LogP contribution in [0.1, 0.15) is 30.0 Å². The number of likely N-dealkylation sites (N-methyl/N-ethyl adjacent to an activating group) is 1. The van der Waals surface area contributed by atoms with Gasteiger partial charge in [-0.25, -0.2) is 19.5 Å². The van der Waals surface area contributed by atoms with Crippen LogP contribution in [-0.2, 0) is 22.7 Å². The smallest absolute Gasteiger partial charge is 0.475 e. The van der Waals surface area contributed by atoms with Crippen molar-refractivity contribution in [3.63, 3.8) is 0 Å². The van der Waals surface area contributed by atoms with Gasteiger partial charge < -0.3 is 30.4 Å². The summed E-state index contributed by atoms with van der Waals surface area (Å²) in [7, 11) is 5.99. The van der Waals surface area contributed by atoms with Crippen LogP contribution in [0.4, 0.5) is 46.8 Å². The lowest BCUT2D eigenvalue weighted by Gasteiger charge is -2.36. The minimum absolute atomic E-state index is 0.242. The lowest BCUT2D eigenvalue weighted by atomic mass is 10.1. The molecule has 1 fully saturated rings. The Bertz CT molecular complexity index is 1970. The average molecular weight is 769 g/mol. The number of anilines is 5. The summed E-state index contributed by atoms with van der Waals surface area (Å²) in [6.45, 7) is 3.39. The quantitative estimate of drug-likeness (QED) is 0.157. The molecule has 3 N–H and O–H groups in total. The molecule has 0 atom stereocenters. The molecule has 54 heavy (non-hydrogen) atoms. The predicted molar refractivity (Wildman–Crippen MR) is 198 cm³/mol. The van der Waals surface area contributed by atoms with Crippen LogP contribution in [0.25, 0.3) is 0 Å². The minimum atomic E-state index is -5.08. The Kier molecular flexibility index (Phi) is 12.9. The fraction of sp³-hybridized carbons (Fsp3) is 0.333. The standard InChI is InChI=1S/C34H39ClN10O2.C2HF3O2/c1-41(2)16-8-13-30(46)37-26-11-7-12-28(19-26)45-32-25(22-43(34(45)47)21-24-9-5-4-6-10-24)20-36-33(39-32)38-29-23-44(40-31(29)35)27-14-17-42(3)18-15-27;3-2(4,5)1(6)7/h4-13,19-20,23,27H,14-18,21-22H2,1-3H3,(H,37,46)(H,36,38,39);(H,6,7)/b13-8+;. The molecule has 0 aliphatic carbocycles. The van der Waals surface area contributed by atoms with Gasteiger partial charge in [0.05, 0.1) is 30.2 Å². The summed E-state index contributed by atoms with van der Waals surface area (Å²) >= 11 is 6.56. The molecule has 2 aromatic heterocycles. The molecular weight excluding hydrogens is 729 g/mol. The van der Waals surface area contributed by atoms with Gasteiger partial charge in [0.25, 0.3) is 0 Å². The summed E-state index contributed by atoms with van der Waals surface area (Å²) in [5.74, 6) is -2.28. The maximum Gasteiger partial charge on any atom is 0.490 e. The van der Waals surface area contributed by atoms with E-state index in [1.807, 2.05) is 66.3 Å². The van der Waals surface area contributed by atoms with Gasteiger partial charge >= 0.3 is 18.2 Å². The largest absolute Gasteiger partial charge is 0.490 e. The molecule has 3 amide bonds. The molecule has 4 heterocycles. The summed E-state index contributed by atoms with van der Waals surface area (Å²) in [6.07, 6.45) is 3.82. The Labute approximate surface area is 314 Å². The second kappa shape index (κ2) is 17.5. The number of nitrogens with one attached hydrogen (secondary N) is 2. The molecule has 0 radical (unpaired) electrons. The van der Waals surface area contributed by atoms with E-state index in [2.05, 4.69) is 32.7 Å². The van der Waals surface area contributed by atoms with Crippen molar-refractivity contribution in [2.75, 3.05) is 56.3 Å². The third-order valence-electron chi connectivity index (χ3n) is 8.44. The number of carboxylic acid groups (broad SMARTS) is 1. The summed E-state index contributed by atoms with van der Waals surface area (Å²) in [6, 6.07) is 17.0. The van der Waals surface area contributed by atoms with Crippen molar-refractivity contribution in [3.8, 4) is 0 Å². The van der Waals surface area contributed by atoms with Gasteiger partial charge in [0.15, 0.2) is 11.0 Å². The summed E-state index contributed by atoms with van der Waals surface area (Å²) in [4.78, 5) is 52.7. The van der Waals surface area contributed by atoms with Crippen LogP contribution in [0.3, 0.4) is 0 Å². The van der Waals surface area contributed by atoms with Crippen LogP contribution < -0.4 is 15.5 Å². The van der Waals surface area contributed by atoms with E-state index in [0.29, 0.717) is 53.6 Å². The highest BCUT2D eigenvalue weighted by atomic mass is 35.5. The minimum Gasteiger partial charge on any atom is -0.475 e. The first kappa shape index (κ1) is 39.7. The van der Waals surface area contributed by atoms with Crippen LogP contribution in [0.2, 0.25) is 5.15 Å². The fourth-order valence-electron chi connectivity index (χ4n) is 5.73. The summed E-state index contributed by atoms with van der Waals surface area (Å²) in [5, 5.41) is 18.1. The van der Waals surface area contributed by atoms with E-state index < -0.39 is 12.1 Å². The van der Waals surface area contributed by atoms with Crippen molar-refractivity contribution in [2.24, 2.45) is 0 Å². The predicted octanol–water partition coefficient (Wildman–Crippen LogP) is 6.30. The number of benzene rings is 2. The van der Waals surface area contributed by atoms with E-state index in [1.165, 1.54) is 6.08 Å². The molecule has 18 heteroatoms. The van der Waals surface area contributed by atoms with Crippen molar-refractivity contribution in [1.29, 1.82) is 0 Å². The molecule has 2 aliphatic heterocycles. The number of carbonyl (C=O) groups excluding carboxylic acids is 2. The Balaban J connectivity index is 0.000000730. The number of rotatable bonds is 10. The fourth-order valence-corrected chi connectivity index (χ4v) is 5.91. The van der Waals surface area contributed by atoms with E-state index in [-0.39, 0.29) is 18.0 Å². The first-order valence-corrected chi connectivity index (χ1v) is 17.3. The number of aliphatic carboxylic acids is 1. The lowest BCUT2D eigenvalue weighted by Crippen LogP contribution is -2.45. The number of likely N-dealkylation sites (tertiary alicyclic amines) is 1. The molecule has 2 aromatic carbocycles. The number of nitrogens with zero attached hydrogens (tertiary/aromatic N) is 8. The van der Waals surface area contributed by atoms with Crippen molar-refractivity contribution in [1.82, 2.24) is 34.4 Å². The van der Waals surface area contributed by atoms with E-state index in [0.717, 1.165) is 37.1 Å². The maximum absolute atomic E-state index is 14.2. The van der Waals surface area contributed by atoms with Gasteiger partial charge in [-0.1, -0.05) is 54.1 Å². The molecule has 286 valence electrons. The van der Waals surface area contributed by atoms with Gasteiger partial charge in [0, 0.05) is 36.6 Å². The number of alkyl halides is 3. The first-order chi connectivity index (χ1) is 25.7. The molecule has 6 rings (SSSR count). The van der Waals surface area contributed by atoms with Crippen LogP contribution >= 0.6 is 11.6 Å². The number of halogens is 4. The molecule has 4 aromatic rings. The summed E-state index contributed by atoms with van der Waals surface area (Å²) < 4.78 is 33.7. The number of aromatic nitrogens is 4. The third-order valence-corrected chi connectivity index (χ3v) is 8.72. The van der Waals surface area contributed by atoms with Crippen LogP contribution in [-0.4, -0.2) is 104 Å². The normalized spacial score (nSPS) is 15.2. The number of hydrogen-bond donors (Lipinski definition) is 3. The number of carbonyl (C=O) groups is 3. The van der Waals surface area contributed by atoms with Gasteiger partial charge in [-0.3, -0.25) is 9.48 Å². The monoisotopic (exact) mass is 768 g/mol. The molecule has 2 aliphatic rings. The molecule has 0 saturated carbocycles. The van der Waals surface area contributed by atoms with Gasteiger partial charge in [0.2, 0.25) is 11.9 Å². The molecule has 14 nitrogen and oxygen atoms in total. The zero-order chi connectivity index (χ0) is 39.0. The van der Waals surface area contributed by atoms with E-state index in [1.54, 1.807) is 40.3 Å². The van der Waals surface area contributed by atoms with Gasteiger partial charge in [-0.15, -0.1) is 0 Å². The molecule has 0 bridgehead atoms. The lowest BCUT2D eigenvalue weighted by molar-refractivity contribution is -0.192. The van der Waals surface area contributed by atoms with Crippen molar-refractivity contribution in [3.05, 3.63) is 95.4 Å². The number of piperidine rings is 1. The zero-order valence-electron chi connectivity index (χ0n) is 29.8. The highest BCUT2D eigenvalue weighted by molar-refractivity contribution is 6.32. The van der Waals surface area contributed by atoms with Crippen molar-refractivity contribution >= 4 is 58.3 Å². The number of urea groups is 1. The SMILES string of the molecule is CN(C)C/C=C/C(=O)Nc1cccc(N2C(=O)N(Cc3ccccc3)Cc3cnc(Nc4cn(C5CCN(C)CC5)nc4Cl)nc32)c1.O=C(O)C(F)(F)F. The topological polar surface area (TPSA) is 152 Å². The number of amides is 3.